The van der Waals surface area contributed by atoms with Crippen molar-refractivity contribution in [2.75, 3.05) is 46.4 Å². The molecule has 0 unspecified atom stereocenters. The van der Waals surface area contributed by atoms with Crippen LogP contribution in [0.5, 0.6) is 5.75 Å². The van der Waals surface area contributed by atoms with Crippen molar-refractivity contribution < 1.29 is 23.9 Å². The van der Waals surface area contributed by atoms with Crippen LogP contribution in [0.3, 0.4) is 0 Å². The molecule has 1 aromatic carbocycles. The summed E-state index contributed by atoms with van der Waals surface area (Å²) in [6.45, 7) is 3.64. The third-order valence-corrected chi connectivity index (χ3v) is 4.97. The molecular formula is C20H26N4O5. The highest BCUT2D eigenvalue weighted by Crippen LogP contribution is 2.18. The molecule has 9 heteroatoms. The maximum atomic E-state index is 12.7. The molecule has 3 amide bonds. The number of ether oxygens (including phenoxy) is 2. The molecule has 0 bridgehead atoms. The van der Waals surface area contributed by atoms with E-state index < -0.39 is 0 Å². The van der Waals surface area contributed by atoms with Gasteiger partial charge in [-0.2, -0.15) is 5.10 Å². The molecule has 9 nitrogen and oxygen atoms in total. The molecule has 0 radical (unpaired) electrons. The Morgan fingerprint density at radius 1 is 1.03 bits per heavy atom. The van der Waals surface area contributed by atoms with Gasteiger partial charge in [0.05, 0.1) is 19.4 Å². The number of hydrogen-bond donors (Lipinski definition) is 0. The molecule has 3 rings (SSSR count). The molecule has 0 N–H and O–H groups in total. The molecule has 0 aliphatic carbocycles. The van der Waals surface area contributed by atoms with Gasteiger partial charge in [-0.1, -0.05) is 0 Å². The lowest BCUT2D eigenvalue weighted by molar-refractivity contribution is -0.141. The van der Waals surface area contributed by atoms with E-state index in [4.69, 9.17) is 9.47 Å². The van der Waals surface area contributed by atoms with Crippen LogP contribution in [0, 0.1) is 0 Å². The molecule has 2 aliphatic heterocycles. The van der Waals surface area contributed by atoms with Gasteiger partial charge in [-0.15, -0.1) is 0 Å². The average Bonchev–Trinajstić information content (AvgIpc) is 2.75. The van der Waals surface area contributed by atoms with Crippen LogP contribution in [0.25, 0.3) is 0 Å². The number of hydrogen-bond acceptors (Lipinski definition) is 6. The van der Waals surface area contributed by atoms with Gasteiger partial charge in [0.2, 0.25) is 11.8 Å². The quantitative estimate of drug-likeness (QED) is 0.741. The minimum atomic E-state index is -0.362. The Bertz CT molecular complexity index is 785. The Labute approximate surface area is 169 Å². The largest absolute Gasteiger partial charge is 0.497 e. The van der Waals surface area contributed by atoms with Gasteiger partial charge in [0.1, 0.15) is 12.3 Å². The number of methoxy groups -OCH3 is 1. The fourth-order valence-electron chi connectivity index (χ4n) is 3.30. The van der Waals surface area contributed by atoms with E-state index in [0.717, 1.165) is 17.0 Å². The first kappa shape index (κ1) is 20.6. The monoisotopic (exact) mass is 402 g/mol. The van der Waals surface area contributed by atoms with Crippen molar-refractivity contribution in [3.05, 3.63) is 29.8 Å². The minimum Gasteiger partial charge on any atom is -0.497 e. The molecule has 0 spiro atoms. The van der Waals surface area contributed by atoms with Gasteiger partial charge < -0.3 is 19.3 Å². The Morgan fingerprint density at radius 3 is 2.31 bits per heavy atom. The van der Waals surface area contributed by atoms with Crippen molar-refractivity contribution in [2.45, 2.75) is 19.8 Å². The summed E-state index contributed by atoms with van der Waals surface area (Å²) in [5.74, 6) is 0.401. The van der Waals surface area contributed by atoms with Crippen molar-refractivity contribution >= 4 is 23.6 Å². The number of carbonyl (C=O) groups is 3. The van der Waals surface area contributed by atoms with Crippen LogP contribution >= 0.6 is 0 Å². The van der Waals surface area contributed by atoms with Gasteiger partial charge >= 0.3 is 6.09 Å². The SMILES string of the molecule is CCOC(=O)N1CCN(C(=O)CN2N=C(c3ccc(OC)cc3)CCC2=O)CC1. The molecule has 1 fully saturated rings. The first-order valence-electron chi connectivity index (χ1n) is 9.73. The predicted octanol–water partition coefficient (Wildman–Crippen LogP) is 1.32. The highest BCUT2D eigenvalue weighted by atomic mass is 16.6. The summed E-state index contributed by atoms with van der Waals surface area (Å²) in [5.41, 5.74) is 1.67. The molecule has 1 aromatic rings. The summed E-state index contributed by atoms with van der Waals surface area (Å²) in [6, 6.07) is 7.46. The fraction of sp³-hybridized carbons (Fsp3) is 0.500. The lowest BCUT2D eigenvalue weighted by atomic mass is 10.0. The molecule has 156 valence electrons. The molecule has 2 heterocycles. The van der Waals surface area contributed by atoms with Crippen LogP contribution in [0.1, 0.15) is 25.3 Å². The van der Waals surface area contributed by atoms with Crippen LogP contribution in [0.4, 0.5) is 4.79 Å². The number of amides is 3. The Hall–Kier alpha value is -3.10. The van der Waals surface area contributed by atoms with E-state index in [0.29, 0.717) is 45.6 Å². The fourth-order valence-corrected chi connectivity index (χ4v) is 3.30. The average molecular weight is 402 g/mol. The van der Waals surface area contributed by atoms with Crippen LogP contribution < -0.4 is 4.74 Å². The van der Waals surface area contributed by atoms with Gasteiger partial charge in [-0.05, 0) is 36.8 Å². The van der Waals surface area contributed by atoms with E-state index >= 15 is 0 Å². The lowest BCUT2D eigenvalue weighted by Crippen LogP contribution is -2.53. The van der Waals surface area contributed by atoms with Gasteiger partial charge in [0, 0.05) is 39.0 Å². The molecule has 0 aromatic heterocycles. The zero-order valence-electron chi connectivity index (χ0n) is 16.8. The van der Waals surface area contributed by atoms with E-state index in [1.165, 1.54) is 5.01 Å². The number of piperazine rings is 1. The predicted molar refractivity (Wildman–Crippen MR) is 106 cm³/mol. The van der Waals surface area contributed by atoms with E-state index in [1.807, 2.05) is 24.3 Å². The topological polar surface area (TPSA) is 91.8 Å². The molecule has 1 saturated heterocycles. The number of rotatable bonds is 5. The van der Waals surface area contributed by atoms with Gasteiger partial charge in [-0.25, -0.2) is 9.80 Å². The van der Waals surface area contributed by atoms with Crippen LogP contribution in [-0.2, 0) is 14.3 Å². The summed E-state index contributed by atoms with van der Waals surface area (Å²) < 4.78 is 10.1. The van der Waals surface area contributed by atoms with Gasteiger partial charge in [0.15, 0.2) is 0 Å². The highest BCUT2D eigenvalue weighted by molar-refractivity contribution is 6.04. The van der Waals surface area contributed by atoms with Gasteiger partial charge in [-0.3, -0.25) is 9.59 Å². The molecule has 0 atom stereocenters. The van der Waals surface area contributed by atoms with E-state index in [1.54, 1.807) is 23.8 Å². The normalized spacial score (nSPS) is 17.1. The van der Waals surface area contributed by atoms with Crippen molar-refractivity contribution in [1.29, 1.82) is 0 Å². The van der Waals surface area contributed by atoms with E-state index in [-0.39, 0.29) is 24.5 Å². The molecular weight excluding hydrogens is 376 g/mol. The molecule has 2 aliphatic rings. The maximum Gasteiger partial charge on any atom is 0.409 e. The van der Waals surface area contributed by atoms with Gasteiger partial charge in [0.25, 0.3) is 0 Å². The lowest BCUT2D eigenvalue weighted by Gasteiger charge is -2.35. The Kier molecular flexibility index (Phi) is 6.69. The van der Waals surface area contributed by atoms with Crippen molar-refractivity contribution in [3.63, 3.8) is 0 Å². The number of carbonyl (C=O) groups excluding carboxylic acids is 3. The number of hydrazone groups is 1. The second-order valence-corrected chi connectivity index (χ2v) is 6.79. The number of benzene rings is 1. The van der Waals surface area contributed by atoms with Crippen molar-refractivity contribution in [1.82, 2.24) is 14.8 Å². The third-order valence-electron chi connectivity index (χ3n) is 4.97. The van der Waals surface area contributed by atoms with E-state index in [2.05, 4.69) is 5.10 Å². The smallest absolute Gasteiger partial charge is 0.409 e. The summed E-state index contributed by atoms with van der Waals surface area (Å²) in [5, 5.41) is 5.67. The molecule has 0 saturated carbocycles. The zero-order valence-corrected chi connectivity index (χ0v) is 16.8. The van der Waals surface area contributed by atoms with Crippen molar-refractivity contribution in [3.8, 4) is 5.75 Å². The highest BCUT2D eigenvalue weighted by Gasteiger charge is 2.28. The van der Waals surface area contributed by atoms with Crippen LogP contribution in [-0.4, -0.2) is 84.9 Å². The Morgan fingerprint density at radius 2 is 1.69 bits per heavy atom. The second-order valence-electron chi connectivity index (χ2n) is 6.79. The first-order chi connectivity index (χ1) is 14.0. The summed E-state index contributed by atoms with van der Waals surface area (Å²) in [7, 11) is 1.60. The van der Waals surface area contributed by atoms with Crippen LogP contribution in [0.2, 0.25) is 0 Å². The minimum absolute atomic E-state index is 0.0993. The van der Waals surface area contributed by atoms with Crippen LogP contribution in [0.15, 0.2) is 29.4 Å². The standard InChI is InChI=1S/C20H26N4O5/c1-3-29-20(27)23-12-10-22(11-13-23)19(26)14-24-18(25)9-8-17(21-24)15-4-6-16(28-2)7-5-15/h4-7H,3,8-14H2,1-2H3. The van der Waals surface area contributed by atoms with Crippen molar-refractivity contribution in [2.24, 2.45) is 5.10 Å². The van der Waals surface area contributed by atoms with E-state index in [9.17, 15) is 14.4 Å². The zero-order chi connectivity index (χ0) is 20.8. The first-order valence-corrected chi connectivity index (χ1v) is 9.73. The summed E-state index contributed by atoms with van der Waals surface area (Å²) >= 11 is 0. The maximum absolute atomic E-state index is 12.7. The third kappa shape index (κ3) is 5.04. The Balaban J connectivity index is 1.60. The summed E-state index contributed by atoms with van der Waals surface area (Å²) in [6.07, 6.45) is 0.489. The number of nitrogens with zero attached hydrogens (tertiary/aromatic N) is 4. The summed E-state index contributed by atoms with van der Waals surface area (Å²) in [4.78, 5) is 39.9. The second kappa shape index (κ2) is 9.40. The molecule has 29 heavy (non-hydrogen) atoms.